The van der Waals surface area contributed by atoms with E-state index in [1.54, 1.807) is 9.80 Å². The molecule has 0 saturated carbocycles. The highest BCUT2D eigenvalue weighted by Gasteiger charge is 2.46. The molecule has 2 saturated heterocycles. The molecule has 2 amide bonds. The topological polar surface area (TPSA) is 49.9 Å². The molecule has 2 atom stereocenters. The number of carbonyl (C=O) groups excluding carboxylic acids is 2. The third-order valence-electron chi connectivity index (χ3n) is 4.47. The lowest BCUT2D eigenvalue weighted by Crippen LogP contribution is -2.63. The fourth-order valence-corrected chi connectivity index (χ4v) is 3.20. The summed E-state index contributed by atoms with van der Waals surface area (Å²) in [6.07, 6.45) is 3.46. The van der Waals surface area contributed by atoms with Crippen molar-refractivity contribution in [1.82, 2.24) is 9.80 Å². The van der Waals surface area contributed by atoms with Crippen LogP contribution in [-0.4, -0.2) is 60.0 Å². The predicted octanol–water partition coefficient (Wildman–Crippen LogP) is 1.66. The zero-order valence-corrected chi connectivity index (χ0v) is 13.5. The summed E-state index contributed by atoms with van der Waals surface area (Å²) in [5.41, 5.74) is 0. The van der Waals surface area contributed by atoms with E-state index in [-0.39, 0.29) is 23.9 Å². The van der Waals surface area contributed by atoms with Crippen LogP contribution >= 0.6 is 0 Å². The normalized spacial score (nSPS) is 25.9. The molecule has 0 N–H and O–H groups in total. The summed E-state index contributed by atoms with van der Waals surface area (Å²) in [7, 11) is 0. The summed E-state index contributed by atoms with van der Waals surface area (Å²) in [4.78, 5) is 28.6. The molecule has 0 aromatic carbocycles. The minimum atomic E-state index is -0.291. The minimum Gasteiger partial charge on any atom is -0.380 e. The quantitative estimate of drug-likeness (QED) is 0.671. The highest BCUT2D eigenvalue weighted by molar-refractivity contribution is 5.97. The number of rotatable bonds is 7. The van der Waals surface area contributed by atoms with E-state index in [0.29, 0.717) is 25.5 Å². The molecule has 2 aliphatic heterocycles. The number of nitrogens with zero attached hydrogens (tertiary/aromatic N) is 2. The lowest BCUT2D eigenvalue weighted by Gasteiger charge is -2.42. The molecule has 0 aliphatic carbocycles. The number of ether oxygens (including phenoxy) is 1. The van der Waals surface area contributed by atoms with Gasteiger partial charge in [0.1, 0.15) is 12.1 Å². The third-order valence-corrected chi connectivity index (χ3v) is 4.47. The Labute approximate surface area is 127 Å². The number of hydrogen-bond acceptors (Lipinski definition) is 3. The van der Waals surface area contributed by atoms with E-state index in [4.69, 9.17) is 4.74 Å². The second-order valence-electron chi connectivity index (χ2n) is 6.44. The van der Waals surface area contributed by atoms with Crippen molar-refractivity contribution >= 4 is 11.8 Å². The van der Waals surface area contributed by atoms with Gasteiger partial charge in [-0.15, -0.1) is 0 Å². The molecule has 120 valence electrons. The van der Waals surface area contributed by atoms with E-state index >= 15 is 0 Å². The van der Waals surface area contributed by atoms with Crippen LogP contribution in [0.3, 0.4) is 0 Å². The van der Waals surface area contributed by atoms with Crippen LogP contribution in [-0.2, 0) is 14.3 Å². The maximum Gasteiger partial charge on any atom is 0.246 e. The molecular formula is C16H28N2O3. The van der Waals surface area contributed by atoms with Gasteiger partial charge in [0, 0.05) is 19.7 Å². The first-order chi connectivity index (χ1) is 10.1. The molecule has 21 heavy (non-hydrogen) atoms. The van der Waals surface area contributed by atoms with Crippen molar-refractivity contribution in [2.45, 2.75) is 58.5 Å². The Balaban J connectivity index is 1.90. The Morgan fingerprint density at radius 2 is 2.00 bits per heavy atom. The number of piperazine rings is 1. The lowest BCUT2D eigenvalue weighted by atomic mass is 10.0. The molecule has 5 nitrogen and oxygen atoms in total. The average molecular weight is 296 g/mol. The first-order valence-electron chi connectivity index (χ1n) is 8.25. The maximum atomic E-state index is 12.6. The Morgan fingerprint density at radius 1 is 1.24 bits per heavy atom. The van der Waals surface area contributed by atoms with E-state index < -0.39 is 0 Å². The van der Waals surface area contributed by atoms with Gasteiger partial charge in [-0.05, 0) is 31.6 Å². The van der Waals surface area contributed by atoms with Crippen LogP contribution in [0.5, 0.6) is 0 Å². The Kier molecular flexibility index (Phi) is 5.62. The minimum absolute atomic E-state index is 0.117. The van der Waals surface area contributed by atoms with Crippen molar-refractivity contribution in [3.8, 4) is 0 Å². The average Bonchev–Trinajstić information content (AvgIpc) is 2.93. The fourth-order valence-electron chi connectivity index (χ4n) is 3.20. The lowest BCUT2D eigenvalue weighted by molar-refractivity contribution is -0.160. The van der Waals surface area contributed by atoms with Crippen LogP contribution in [0.25, 0.3) is 0 Å². The largest absolute Gasteiger partial charge is 0.380 e. The van der Waals surface area contributed by atoms with Crippen LogP contribution in [0.4, 0.5) is 0 Å². The first kappa shape index (κ1) is 16.3. The van der Waals surface area contributed by atoms with E-state index in [0.717, 1.165) is 32.4 Å². The molecule has 0 aromatic heterocycles. The third kappa shape index (κ3) is 3.57. The number of carbonyl (C=O) groups is 2. The van der Waals surface area contributed by atoms with Crippen molar-refractivity contribution in [3.05, 3.63) is 0 Å². The molecule has 5 heteroatoms. The van der Waals surface area contributed by atoms with Crippen LogP contribution in [0.15, 0.2) is 0 Å². The molecule has 2 fully saturated rings. The van der Waals surface area contributed by atoms with E-state index in [2.05, 4.69) is 13.8 Å². The van der Waals surface area contributed by atoms with Crippen LogP contribution in [0, 0.1) is 5.92 Å². The van der Waals surface area contributed by atoms with Crippen LogP contribution < -0.4 is 0 Å². The molecule has 0 spiro atoms. The van der Waals surface area contributed by atoms with Crippen LogP contribution in [0.2, 0.25) is 0 Å². The molecule has 0 bridgehead atoms. The van der Waals surface area contributed by atoms with Gasteiger partial charge in [0.05, 0.1) is 6.61 Å². The molecule has 2 unspecified atom stereocenters. The van der Waals surface area contributed by atoms with Gasteiger partial charge in [-0.3, -0.25) is 9.59 Å². The van der Waals surface area contributed by atoms with Crippen LogP contribution in [0.1, 0.15) is 46.5 Å². The summed E-state index contributed by atoms with van der Waals surface area (Å²) in [5.74, 6) is 0.867. The molecule has 2 heterocycles. The monoisotopic (exact) mass is 296 g/mol. The van der Waals surface area contributed by atoms with Crippen molar-refractivity contribution < 1.29 is 14.3 Å². The summed E-state index contributed by atoms with van der Waals surface area (Å²) in [6, 6.07) is -0.503. The van der Waals surface area contributed by atoms with Crippen molar-refractivity contribution in [3.63, 3.8) is 0 Å². The summed E-state index contributed by atoms with van der Waals surface area (Å²) in [6.45, 7) is 8.82. The Bertz CT molecular complexity index is 384. The smallest absolute Gasteiger partial charge is 0.246 e. The van der Waals surface area contributed by atoms with Gasteiger partial charge in [0.25, 0.3) is 0 Å². The molecular weight excluding hydrogens is 268 g/mol. The Morgan fingerprint density at radius 3 is 2.67 bits per heavy atom. The Hall–Kier alpha value is -1.10. The van der Waals surface area contributed by atoms with Gasteiger partial charge in [0.2, 0.25) is 11.8 Å². The summed E-state index contributed by atoms with van der Waals surface area (Å²) in [5, 5.41) is 0. The highest BCUT2D eigenvalue weighted by Crippen LogP contribution is 2.27. The van der Waals surface area contributed by atoms with Gasteiger partial charge in [-0.25, -0.2) is 0 Å². The maximum absolute atomic E-state index is 12.6. The molecule has 0 aromatic rings. The van der Waals surface area contributed by atoms with E-state index in [1.165, 1.54) is 0 Å². The van der Waals surface area contributed by atoms with E-state index in [1.807, 2.05) is 6.92 Å². The molecule has 2 aliphatic rings. The summed E-state index contributed by atoms with van der Waals surface area (Å²) >= 11 is 0. The van der Waals surface area contributed by atoms with Gasteiger partial charge in [0.15, 0.2) is 0 Å². The van der Waals surface area contributed by atoms with Crippen molar-refractivity contribution in [2.24, 2.45) is 5.92 Å². The zero-order valence-electron chi connectivity index (χ0n) is 13.5. The number of fused-ring (bicyclic) bond motifs is 1. The number of amides is 2. The van der Waals surface area contributed by atoms with Crippen molar-refractivity contribution in [2.75, 3.05) is 26.3 Å². The first-order valence-corrected chi connectivity index (χ1v) is 8.25. The van der Waals surface area contributed by atoms with Crippen molar-refractivity contribution in [1.29, 1.82) is 0 Å². The molecule has 2 rings (SSSR count). The predicted molar refractivity (Wildman–Crippen MR) is 80.8 cm³/mol. The second kappa shape index (κ2) is 7.25. The summed E-state index contributed by atoms with van der Waals surface area (Å²) < 4.78 is 5.62. The van der Waals surface area contributed by atoms with Gasteiger partial charge >= 0.3 is 0 Å². The number of hydrogen-bond donors (Lipinski definition) is 0. The highest BCUT2D eigenvalue weighted by atomic mass is 16.5. The zero-order chi connectivity index (χ0) is 15.4. The van der Waals surface area contributed by atoms with E-state index in [9.17, 15) is 9.59 Å². The van der Waals surface area contributed by atoms with Gasteiger partial charge < -0.3 is 14.5 Å². The van der Waals surface area contributed by atoms with Gasteiger partial charge in [-0.1, -0.05) is 20.8 Å². The fraction of sp³-hybridized carbons (Fsp3) is 0.875. The van der Waals surface area contributed by atoms with Gasteiger partial charge in [-0.2, -0.15) is 0 Å². The molecule has 0 radical (unpaired) electrons. The second-order valence-corrected chi connectivity index (χ2v) is 6.44. The SMILES string of the molecule is CCC1C(=O)N2CCCC2C(=O)N1CCOCCC(C)C. The standard InChI is InChI=1S/C16H28N2O3/c1-4-13-15(19)17-8-5-6-14(17)16(20)18(13)9-11-21-10-7-12(2)3/h12-14H,4-11H2,1-3H3.